The lowest BCUT2D eigenvalue weighted by molar-refractivity contribution is -0.122. The van der Waals surface area contributed by atoms with E-state index in [1.807, 2.05) is 24.3 Å². The maximum absolute atomic E-state index is 12.2. The fourth-order valence-electron chi connectivity index (χ4n) is 2.59. The highest BCUT2D eigenvalue weighted by atomic mass is 16.5. The van der Waals surface area contributed by atoms with Crippen LogP contribution in [0.25, 0.3) is 11.5 Å². The molecule has 1 saturated heterocycles. The largest absolute Gasteiger partial charge is 0.441 e. The predicted octanol–water partition coefficient (Wildman–Crippen LogP) is 3.83. The van der Waals surface area contributed by atoms with E-state index in [9.17, 15) is 4.79 Å². The molecule has 0 unspecified atom stereocenters. The molecule has 23 heavy (non-hydrogen) atoms. The number of amides is 1. The van der Waals surface area contributed by atoms with Crippen LogP contribution in [0.3, 0.4) is 0 Å². The molecule has 3 rings (SSSR count). The van der Waals surface area contributed by atoms with Crippen molar-refractivity contribution in [2.24, 2.45) is 5.92 Å². The van der Waals surface area contributed by atoms with E-state index in [0.29, 0.717) is 25.0 Å². The van der Waals surface area contributed by atoms with Gasteiger partial charge in [0, 0.05) is 36.3 Å². The molecule has 1 fully saturated rings. The van der Waals surface area contributed by atoms with Gasteiger partial charge < -0.3 is 14.5 Å². The summed E-state index contributed by atoms with van der Waals surface area (Å²) in [5, 5.41) is 2.97. The molecule has 1 aromatic heterocycles. The number of hydrogen-bond acceptors (Lipinski definition) is 4. The SMILES string of the molecule is CC(C)c1cnc(-c2ccc(NC(=O)C3CCOCC3)cc2)o1. The van der Waals surface area contributed by atoms with E-state index in [4.69, 9.17) is 9.15 Å². The number of nitrogens with zero attached hydrogens (tertiary/aromatic N) is 1. The van der Waals surface area contributed by atoms with Crippen LogP contribution in [0.5, 0.6) is 0 Å². The molecule has 0 radical (unpaired) electrons. The molecular weight excluding hydrogens is 292 g/mol. The Bertz CT molecular complexity index is 655. The number of nitrogens with one attached hydrogen (secondary N) is 1. The standard InChI is InChI=1S/C18H22N2O3/c1-12(2)16-11-19-18(23-16)14-3-5-15(6-4-14)20-17(21)13-7-9-22-10-8-13/h3-6,11-13H,7-10H2,1-2H3,(H,20,21). The Labute approximate surface area is 136 Å². The summed E-state index contributed by atoms with van der Waals surface area (Å²) in [6.45, 7) is 5.47. The highest BCUT2D eigenvalue weighted by Gasteiger charge is 2.21. The van der Waals surface area contributed by atoms with Gasteiger partial charge >= 0.3 is 0 Å². The molecule has 0 aliphatic carbocycles. The Morgan fingerprint density at radius 2 is 1.91 bits per heavy atom. The van der Waals surface area contributed by atoms with Crippen LogP contribution in [-0.2, 0) is 9.53 Å². The van der Waals surface area contributed by atoms with Crippen LogP contribution in [0.15, 0.2) is 34.9 Å². The third kappa shape index (κ3) is 3.79. The molecule has 1 aliphatic rings. The molecule has 1 amide bonds. The van der Waals surface area contributed by atoms with Gasteiger partial charge in [-0.05, 0) is 37.1 Å². The van der Waals surface area contributed by atoms with Gasteiger partial charge in [0.25, 0.3) is 0 Å². The first-order valence-corrected chi connectivity index (χ1v) is 8.08. The topological polar surface area (TPSA) is 64.4 Å². The third-order valence-electron chi connectivity index (χ3n) is 4.08. The quantitative estimate of drug-likeness (QED) is 0.931. The molecule has 1 N–H and O–H groups in total. The molecule has 2 aromatic rings. The van der Waals surface area contributed by atoms with Crippen molar-refractivity contribution in [2.75, 3.05) is 18.5 Å². The molecule has 122 valence electrons. The number of oxazole rings is 1. The van der Waals surface area contributed by atoms with Crippen molar-refractivity contribution in [3.63, 3.8) is 0 Å². The van der Waals surface area contributed by atoms with Gasteiger partial charge in [-0.15, -0.1) is 0 Å². The summed E-state index contributed by atoms with van der Waals surface area (Å²) in [6, 6.07) is 7.59. The zero-order valence-corrected chi connectivity index (χ0v) is 13.5. The Morgan fingerprint density at radius 1 is 1.22 bits per heavy atom. The minimum Gasteiger partial charge on any atom is -0.441 e. The number of ether oxygens (including phenoxy) is 1. The van der Waals surface area contributed by atoms with Crippen LogP contribution in [0.1, 0.15) is 38.4 Å². The van der Waals surface area contributed by atoms with E-state index < -0.39 is 0 Å². The molecule has 5 heteroatoms. The fourth-order valence-corrected chi connectivity index (χ4v) is 2.59. The molecular formula is C18H22N2O3. The summed E-state index contributed by atoms with van der Waals surface area (Å²) >= 11 is 0. The Kier molecular flexibility index (Phi) is 4.76. The average Bonchev–Trinajstić information content (AvgIpc) is 3.07. The highest BCUT2D eigenvalue weighted by Crippen LogP contribution is 2.25. The summed E-state index contributed by atoms with van der Waals surface area (Å²) in [4.78, 5) is 16.5. The lowest BCUT2D eigenvalue weighted by atomic mass is 9.99. The van der Waals surface area contributed by atoms with Crippen molar-refractivity contribution in [2.45, 2.75) is 32.6 Å². The smallest absolute Gasteiger partial charge is 0.227 e. The van der Waals surface area contributed by atoms with Gasteiger partial charge in [0.2, 0.25) is 11.8 Å². The second-order valence-electron chi connectivity index (χ2n) is 6.18. The lowest BCUT2D eigenvalue weighted by Crippen LogP contribution is -2.28. The zero-order chi connectivity index (χ0) is 16.2. The lowest BCUT2D eigenvalue weighted by Gasteiger charge is -2.21. The van der Waals surface area contributed by atoms with Crippen LogP contribution in [0.2, 0.25) is 0 Å². The molecule has 0 spiro atoms. The summed E-state index contributed by atoms with van der Waals surface area (Å²) < 4.78 is 11.0. The monoisotopic (exact) mass is 314 g/mol. The molecule has 2 heterocycles. The first kappa shape index (κ1) is 15.7. The minimum absolute atomic E-state index is 0.0452. The van der Waals surface area contributed by atoms with E-state index in [2.05, 4.69) is 24.1 Å². The summed E-state index contributed by atoms with van der Waals surface area (Å²) in [5.74, 6) is 1.91. The van der Waals surface area contributed by atoms with Crippen molar-refractivity contribution in [1.29, 1.82) is 0 Å². The normalized spacial score (nSPS) is 15.8. The molecule has 0 bridgehead atoms. The number of benzene rings is 1. The Balaban J connectivity index is 1.65. The van der Waals surface area contributed by atoms with Gasteiger partial charge in [0.05, 0.1) is 6.20 Å². The number of anilines is 1. The van der Waals surface area contributed by atoms with Crippen LogP contribution in [0.4, 0.5) is 5.69 Å². The van der Waals surface area contributed by atoms with Gasteiger partial charge in [0.1, 0.15) is 5.76 Å². The molecule has 1 aromatic carbocycles. The number of aromatic nitrogens is 1. The summed E-state index contributed by atoms with van der Waals surface area (Å²) in [7, 11) is 0. The highest BCUT2D eigenvalue weighted by molar-refractivity contribution is 5.92. The first-order valence-electron chi connectivity index (χ1n) is 8.08. The summed E-state index contributed by atoms with van der Waals surface area (Å²) in [5.41, 5.74) is 1.70. The zero-order valence-electron chi connectivity index (χ0n) is 13.5. The van der Waals surface area contributed by atoms with E-state index in [1.165, 1.54) is 0 Å². The van der Waals surface area contributed by atoms with E-state index in [0.717, 1.165) is 29.9 Å². The maximum Gasteiger partial charge on any atom is 0.227 e. The molecule has 1 aliphatic heterocycles. The average molecular weight is 314 g/mol. The number of carbonyl (C=O) groups excluding carboxylic acids is 1. The van der Waals surface area contributed by atoms with Gasteiger partial charge in [0.15, 0.2) is 0 Å². The van der Waals surface area contributed by atoms with Crippen molar-refractivity contribution in [1.82, 2.24) is 4.98 Å². The van der Waals surface area contributed by atoms with Crippen molar-refractivity contribution in [3.8, 4) is 11.5 Å². The van der Waals surface area contributed by atoms with Gasteiger partial charge in [-0.3, -0.25) is 4.79 Å². The first-order chi connectivity index (χ1) is 11.1. The second kappa shape index (κ2) is 6.96. The molecule has 0 saturated carbocycles. The van der Waals surface area contributed by atoms with E-state index >= 15 is 0 Å². The second-order valence-corrected chi connectivity index (χ2v) is 6.18. The van der Waals surface area contributed by atoms with E-state index in [-0.39, 0.29) is 11.8 Å². The van der Waals surface area contributed by atoms with Gasteiger partial charge in [-0.1, -0.05) is 13.8 Å². The molecule has 0 atom stereocenters. The van der Waals surface area contributed by atoms with Gasteiger partial charge in [-0.25, -0.2) is 4.98 Å². The van der Waals surface area contributed by atoms with Crippen molar-refractivity contribution in [3.05, 3.63) is 36.2 Å². The van der Waals surface area contributed by atoms with Crippen LogP contribution in [0, 0.1) is 5.92 Å². The predicted molar refractivity (Wildman–Crippen MR) is 88.2 cm³/mol. The number of hydrogen-bond donors (Lipinski definition) is 1. The Morgan fingerprint density at radius 3 is 2.52 bits per heavy atom. The van der Waals surface area contributed by atoms with Crippen molar-refractivity contribution < 1.29 is 13.9 Å². The molecule has 5 nitrogen and oxygen atoms in total. The van der Waals surface area contributed by atoms with Crippen molar-refractivity contribution >= 4 is 11.6 Å². The van der Waals surface area contributed by atoms with Crippen LogP contribution in [-0.4, -0.2) is 24.1 Å². The third-order valence-corrected chi connectivity index (χ3v) is 4.08. The maximum atomic E-state index is 12.2. The van der Waals surface area contributed by atoms with E-state index in [1.54, 1.807) is 6.20 Å². The van der Waals surface area contributed by atoms with Crippen LogP contribution >= 0.6 is 0 Å². The number of rotatable bonds is 4. The summed E-state index contributed by atoms with van der Waals surface area (Å²) in [6.07, 6.45) is 3.34. The number of carbonyl (C=O) groups is 1. The van der Waals surface area contributed by atoms with Crippen LogP contribution < -0.4 is 5.32 Å². The minimum atomic E-state index is 0.0452. The van der Waals surface area contributed by atoms with Gasteiger partial charge in [-0.2, -0.15) is 0 Å². The Hall–Kier alpha value is -2.14. The fraction of sp³-hybridized carbons (Fsp3) is 0.444.